The molecule has 1 fully saturated rings. The van der Waals surface area contributed by atoms with Crippen molar-refractivity contribution in [2.75, 3.05) is 18.5 Å². The summed E-state index contributed by atoms with van der Waals surface area (Å²) >= 11 is 18.2. The van der Waals surface area contributed by atoms with Crippen LogP contribution in [-0.4, -0.2) is 31.3 Å². The second-order valence-corrected chi connectivity index (χ2v) is 9.33. The first-order valence-electron chi connectivity index (χ1n) is 9.82. The van der Waals surface area contributed by atoms with Gasteiger partial charge in [-0.05, 0) is 43.2 Å². The lowest BCUT2D eigenvalue weighted by molar-refractivity contribution is -0.275. The van der Waals surface area contributed by atoms with Crippen molar-refractivity contribution in [2.45, 2.75) is 31.0 Å². The van der Waals surface area contributed by atoms with Gasteiger partial charge in [0.2, 0.25) is 0 Å². The maximum absolute atomic E-state index is 14.2. The highest BCUT2D eigenvalue weighted by Crippen LogP contribution is 2.50. The summed E-state index contributed by atoms with van der Waals surface area (Å²) in [4.78, 5) is 18.9. The number of Topliss-reactive ketones (excluding diaryl/α,β-unsaturated/α-hetero) is 1. The number of alkyl halides is 3. The molecule has 0 saturated heterocycles. The third kappa shape index (κ3) is 4.43. The highest BCUT2D eigenvalue weighted by atomic mass is 35.5. The lowest BCUT2D eigenvalue weighted by atomic mass is 9.86. The van der Waals surface area contributed by atoms with E-state index in [-0.39, 0.29) is 39.6 Å². The summed E-state index contributed by atoms with van der Waals surface area (Å²) in [5.41, 5.74) is -1.92. The molecule has 1 atom stereocenters. The van der Waals surface area contributed by atoms with E-state index in [4.69, 9.17) is 39.6 Å². The molecule has 2 aromatic carbocycles. The van der Waals surface area contributed by atoms with E-state index in [2.05, 4.69) is 5.16 Å². The van der Waals surface area contributed by atoms with E-state index in [0.29, 0.717) is 16.3 Å². The van der Waals surface area contributed by atoms with Gasteiger partial charge in [-0.2, -0.15) is 13.2 Å². The topological polar surface area (TPSA) is 41.9 Å². The highest BCUT2D eigenvalue weighted by Gasteiger charge is 2.62. The van der Waals surface area contributed by atoms with Gasteiger partial charge in [0.05, 0.1) is 23.0 Å². The molecule has 1 aliphatic heterocycles. The van der Waals surface area contributed by atoms with Crippen LogP contribution in [0.3, 0.4) is 0 Å². The molecule has 0 spiro atoms. The lowest BCUT2D eigenvalue weighted by Gasteiger charge is -2.29. The maximum Gasteiger partial charge on any atom is 0.435 e. The van der Waals surface area contributed by atoms with E-state index in [1.165, 1.54) is 18.2 Å². The van der Waals surface area contributed by atoms with Gasteiger partial charge in [0, 0.05) is 40.6 Å². The van der Waals surface area contributed by atoms with Gasteiger partial charge in [-0.25, -0.2) is 0 Å². The molecule has 0 radical (unpaired) electrons. The summed E-state index contributed by atoms with van der Waals surface area (Å²) in [6, 6.07) is 8.44. The van der Waals surface area contributed by atoms with Crippen LogP contribution in [0.25, 0.3) is 0 Å². The number of likely N-dealkylation sites (N-methyl/N-ethyl adjacent to an activating group) is 1. The van der Waals surface area contributed by atoms with Gasteiger partial charge in [-0.15, -0.1) is 0 Å². The van der Waals surface area contributed by atoms with Crippen LogP contribution in [0.5, 0.6) is 0 Å². The number of anilines is 1. The van der Waals surface area contributed by atoms with Crippen molar-refractivity contribution in [3.05, 3.63) is 62.6 Å². The average molecular weight is 506 g/mol. The molecule has 0 N–H and O–H groups in total. The molecular weight excluding hydrogens is 488 g/mol. The smallest absolute Gasteiger partial charge is 0.374 e. The van der Waals surface area contributed by atoms with Crippen LogP contribution in [0.4, 0.5) is 18.9 Å². The van der Waals surface area contributed by atoms with Crippen LogP contribution >= 0.6 is 34.8 Å². The summed E-state index contributed by atoms with van der Waals surface area (Å²) in [5, 5.41) is 4.27. The Hall–Kier alpha value is -1.96. The van der Waals surface area contributed by atoms with E-state index in [0.717, 1.165) is 12.8 Å². The third-order valence-corrected chi connectivity index (χ3v) is 6.39. The number of hydrogen-bond acceptors (Lipinski definition) is 4. The largest absolute Gasteiger partial charge is 0.435 e. The van der Waals surface area contributed by atoms with Crippen LogP contribution in [-0.2, 0) is 15.2 Å². The zero-order valence-electron chi connectivity index (χ0n) is 16.8. The molecule has 2 aromatic rings. The summed E-state index contributed by atoms with van der Waals surface area (Å²) in [6.45, 7) is 0.171. The fourth-order valence-electron chi connectivity index (χ4n) is 3.68. The number of carbonyl (C=O) groups excluding carboxylic acids is 1. The van der Waals surface area contributed by atoms with Gasteiger partial charge in [-0.3, -0.25) is 4.79 Å². The normalized spacial score (nSPS) is 20.7. The van der Waals surface area contributed by atoms with Gasteiger partial charge in [-0.1, -0.05) is 46.0 Å². The molecule has 0 aromatic heterocycles. The van der Waals surface area contributed by atoms with Crippen LogP contribution < -0.4 is 4.90 Å². The number of ketones is 1. The molecule has 0 amide bonds. The van der Waals surface area contributed by atoms with Crippen molar-refractivity contribution in [2.24, 2.45) is 11.1 Å². The molecule has 4 nitrogen and oxygen atoms in total. The van der Waals surface area contributed by atoms with Crippen molar-refractivity contribution in [1.29, 1.82) is 0 Å². The number of hydrogen-bond donors (Lipinski definition) is 0. The minimum absolute atomic E-state index is 0.0592. The predicted octanol–water partition coefficient (Wildman–Crippen LogP) is 6.64. The molecule has 1 unspecified atom stereocenters. The monoisotopic (exact) mass is 504 g/mol. The van der Waals surface area contributed by atoms with Gasteiger partial charge in [0.1, 0.15) is 0 Å². The van der Waals surface area contributed by atoms with Crippen LogP contribution in [0, 0.1) is 5.92 Å². The first-order chi connectivity index (χ1) is 15.0. The minimum atomic E-state index is -4.78. The molecule has 4 rings (SSSR count). The van der Waals surface area contributed by atoms with Crippen LogP contribution in [0.15, 0.2) is 41.6 Å². The Morgan fingerprint density at radius 1 is 1.16 bits per heavy atom. The number of oxime groups is 1. The Morgan fingerprint density at radius 3 is 2.41 bits per heavy atom. The first-order valence-corrected chi connectivity index (χ1v) is 11.0. The Balaban J connectivity index is 1.64. The minimum Gasteiger partial charge on any atom is -0.374 e. The van der Waals surface area contributed by atoms with Crippen LogP contribution in [0.1, 0.15) is 30.4 Å². The number of halogens is 6. The Labute approximate surface area is 197 Å². The SMILES string of the molecule is CN(CC(=O)C1CC1)c1cc(C2=NOC(c3cc(Cl)cc(Cl)c3)(C(F)(F)F)C2)ccc1Cl. The van der Waals surface area contributed by atoms with Crippen molar-refractivity contribution >= 4 is 52.0 Å². The molecule has 1 heterocycles. The van der Waals surface area contributed by atoms with Crippen molar-refractivity contribution in [3.8, 4) is 0 Å². The van der Waals surface area contributed by atoms with E-state index in [1.54, 1.807) is 30.1 Å². The molecule has 1 saturated carbocycles. The number of nitrogens with zero attached hydrogens (tertiary/aromatic N) is 2. The molecule has 0 bridgehead atoms. The highest BCUT2D eigenvalue weighted by molar-refractivity contribution is 6.34. The molecular formula is C22H18Cl3F3N2O2. The average Bonchev–Trinajstić information content (AvgIpc) is 3.45. The summed E-state index contributed by atoms with van der Waals surface area (Å²) in [6.07, 6.45) is -3.57. The maximum atomic E-state index is 14.2. The van der Waals surface area contributed by atoms with E-state index in [9.17, 15) is 18.0 Å². The van der Waals surface area contributed by atoms with Crippen LogP contribution in [0.2, 0.25) is 15.1 Å². The lowest BCUT2D eigenvalue weighted by Crippen LogP contribution is -2.42. The fourth-order valence-corrected chi connectivity index (χ4v) is 4.47. The molecule has 32 heavy (non-hydrogen) atoms. The molecule has 1 aliphatic carbocycles. The predicted molar refractivity (Wildman–Crippen MR) is 119 cm³/mol. The zero-order valence-corrected chi connectivity index (χ0v) is 19.1. The third-order valence-electron chi connectivity index (χ3n) is 5.63. The van der Waals surface area contributed by atoms with Gasteiger partial charge < -0.3 is 9.74 Å². The van der Waals surface area contributed by atoms with Crippen molar-refractivity contribution in [1.82, 2.24) is 0 Å². The zero-order chi connectivity index (χ0) is 23.3. The second-order valence-electron chi connectivity index (χ2n) is 8.05. The number of benzene rings is 2. The van der Waals surface area contributed by atoms with E-state index >= 15 is 0 Å². The van der Waals surface area contributed by atoms with Crippen molar-refractivity contribution < 1.29 is 22.8 Å². The summed E-state index contributed by atoms with van der Waals surface area (Å²) < 4.78 is 42.6. The van der Waals surface area contributed by atoms with E-state index < -0.39 is 18.2 Å². The summed E-state index contributed by atoms with van der Waals surface area (Å²) in [5.74, 6) is 0.202. The Kier molecular flexibility index (Phi) is 6.11. The first kappa shape index (κ1) is 23.2. The van der Waals surface area contributed by atoms with E-state index in [1.807, 2.05) is 0 Å². The molecule has 10 heteroatoms. The van der Waals surface area contributed by atoms with Crippen molar-refractivity contribution in [3.63, 3.8) is 0 Å². The van der Waals surface area contributed by atoms with Gasteiger partial charge >= 0.3 is 6.18 Å². The molecule has 170 valence electrons. The Morgan fingerprint density at radius 2 is 1.81 bits per heavy atom. The number of rotatable bonds is 6. The van der Waals surface area contributed by atoms with Gasteiger partial charge in [0.25, 0.3) is 5.60 Å². The second kappa shape index (κ2) is 8.43. The standard InChI is InChI=1S/C22H18Cl3F3N2O2/c1-30(11-20(31)12-2-3-12)19-6-13(4-5-17(19)25)18-10-21(32-29-18,22(26,27)28)14-7-15(23)9-16(24)8-14/h4-9,12H,2-3,10-11H2,1H3. The quantitative estimate of drug-likeness (QED) is 0.442. The summed E-state index contributed by atoms with van der Waals surface area (Å²) in [7, 11) is 1.71. The Bertz CT molecular complexity index is 1080. The van der Waals surface area contributed by atoms with Gasteiger partial charge in [0.15, 0.2) is 5.78 Å². The fraction of sp³-hybridized carbons (Fsp3) is 0.364. The molecule has 2 aliphatic rings. The number of carbonyl (C=O) groups is 1.